The van der Waals surface area contributed by atoms with Crippen molar-refractivity contribution >= 4 is 11.2 Å². The highest BCUT2D eigenvalue weighted by atomic mass is 16.5. The number of unbranched alkanes of at least 4 members (excludes halogenated alkanes) is 1. The van der Waals surface area contributed by atoms with Crippen LogP contribution < -0.4 is 14.4 Å². The summed E-state index contributed by atoms with van der Waals surface area (Å²) in [6.45, 7) is 6.16. The first-order valence-electron chi connectivity index (χ1n) is 12.2. The summed E-state index contributed by atoms with van der Waals surface area (Å²) < 4.78 is 13.7. The number of hydrogen-bond donors (Lipinski definition) is 0. The third kappa shape index (κ3) is 5.20. The smallest absolute Gasteiger partial charge is 0.142 e. The minimum Gasteiger partial charge on any atom is -0.495 e. The van der Waals surface area contributed by atoms with Gasteiger partial charge in [-0.05, 0) is 67.4 Å². The lowest BCUT2D eigenvalue weighted by Gasteiger charge is -2.36. The molecule has 5 rings (SSSR count). The third-order valence-electron chi connectivity index (χ3n) is 6.63. The second kappa shape index (κ2) is 10.7. The fourth-order valence-electron chi connectivity index (χ4n) is 4.69. The Bertz CT molecular complexity index is 1160. The normalized spacial score (nSPS) is 14.4. The fourth-order valence-corrected chi connectivity index (χ4v) is 4.69. The molecule has 0 saturated carbocycles. The molecule has 4 aromatic rings. The third-order valence-corrected chi connectivity index (χ3v) is 6.63. The molecular formula is C29H33N3O2. The van der Waals surface area contributed by atoms with Gasteiger partial charge in [-0.15, -0.1) is 0 Å². The van der Waals surface area contributed by atoms with Crippen molar-refractivity contribution in [1.82, 2.24) is 9.30 Å². The van der Waals surface area contributed by atoms with E-state index in [2.05, 4.69) is 87.3 Å². The van der Waals surface area contributed by atoms with Crippen LogP contribution in [0.2, 0.25) is 0 Å². The number of ether oxygens (including phenoxy) is 2. The topological polar surface area (TPSA) is 29.4 Å². The van der Waals surface area contributed by atoms with Gasteiger partial charge in [0.15, 0.2) is 0 Å². The van der Waals surface area contributed by atoms with Gasteiger partial charge in [-0.25, -0.2) is 0 Å². The fraction of sp³-hybridized carbons (Fsp3) is 0.310. The van der Waals surface area contributed by atoms with Crippen molar-refractivity contribution in [2.45, 2.75) is 12.8 Å². The summed E-state index contributed by atoms with van der Waals surface area (Å²) in [5.41, 5.74) is 4.85. The summed E-state index contributed by atoms with van der Waals surface area (Å²) in [6.07, 6.45) is 6.47. The number of rotatable bonds is 9. The number of hydrogen-bond acceptors (Lipinski definition) is 4. The molecule has 0 spiro atoms. The van der Waals surface area contributed by atoms with Crippen LogP contribution in [0, 0.1) is 0 Å². The van der Waals surface area contributed by atoms with Crippen LogP contribution in [0.15, 0.2) is 85.2 Å². The lowest BCUT2D eigenvalue weighted by molar-refractivity contribution is 0.238. The lowest BCUT2D eigenvalue weighted by Crippen LogP contribution is -2.46. The Kier molecular flexibility index (Phi) is 7.01. The van der Waals surface area contributed by atoms with Gasteiger partial charge in [-0.1, -0.05) is 30.3 Å². The van der Waals surface area contributed by atoms with Gasteiger partial charge in [0.25, 0.3) is 0 Å². The summed E-state index contributed by atoms with van der Waals surface area (Å²) >= 11 is 0. The Morgan fingerprint density at radius 1 is 0.794 bits per heavy atom. The summed E-state index contributed by atoms with van der Waals surface area (Å²) in [5.74, 6) is 1.90. The Labute approximate surface area is 202 Å². The van der Waals surface area contributed by atoms with E-state index < -0.39 is 0 Å². The maximum atomic E-state index is 6.00. The summed E-state index contributed by atoms with van der Waals surface area (Å²) in [6, 6.07) is 25.2. The zero-order valence-electron chi connectivity index (χ0n) is 19.9. The molecule has 1 aliphatic rings. The lowest BCUT2D eigenvalue weighted by atomic mass is 10.1. The van der Waals surface area contributed by atoms with Gasteiger partial charge in [-0.2, -0.15) is 0 Å². The van der Waals surface area contributed by atoms with E-state index >= 15 is 0 Å². The van der Waals surface area contributed by atoms with Crippen molar-refractivity contribution in [3.8, 4) is 22.6 Å². The van der Waals surface area contributed by atoms with Crippen LogP contribution in [-0.4, -0.2) is 55.7 Å². The number of para-hydroxylation sites is 2. The van der Waals surface area contributed by atoms with Gasteiger partial charge in [0.2, 0.25) is 0 Å². The largest absolute Gasteiger partial charge is 0.495 e. The van der Waals surface area contributed by atoms with Gasteiger partial charge >= 0.3 is 0 Å². The van der Waals surface area contributed by atoms with Crippen LogP contribution in [-0.2, 0) is 0 Å². The first-order valence-corrected chi connectivity index (χ1v) is 12.2. The number of methoxy groups -OCH3 is 1. The average Bonchev–Trinajstić information content (AvgIpc) is 3.34. The molecule has 0 aliphatic carbocycles. The molecule has 1 fully saturated rings. The molecule has 176 valence electrons. The average molecular weight is 456 g/mol. The molecule has 0 N–H and O–H groups in total. The number of pyridine rings is 1. The number of anilines is 1. The molecule has 5 heteroatoms. The number of nitrogens with zero attached hydrogens (tertiary/aromatic N) is 3. The van der Waals surface area contributed by atoms with Gasteiger partial charge < -0.3 is 18.8 Å². The molecule has 0 bridgehead atoms. The van der Waals surface area contributed by atoms with Crippen LogP contribution in [0.5, 0.6) is 11.5 Å². The van der Waals surface area contributed by atoms with E-state index in [0.29, 0.717) is 0 Å². The molecule has 1 saturated heterocycles. The van der Waals surface area contributed by atoms with Crippen molar-refractivity contribution < 1.29 is 9.47 Å². The summed E-state index contributed by atoms with van der Waals surface area (Å²) in [7, 11) is 1.75. The van der Waals surface area contributed by atoms with Gasteiger partial charge in [0.1, 0.15) is 11.5 Å². The molecule has 5 nitrogen and oxygen atoms in total. The van der Waals surface area contributed by atoms with Crippen LogP contribution >= 0.6 is 0 Å². The number of aromatic nitrogens is 1. The molecule has 0 atom stereocenters. The van der Waals surface area contributed by atoms with E-state index in [4.69, 9.17) is 9.47 Å². The van der Waals surface area contributed by atoms with Crippen LogP contribution in [0.25, 0.3) is 16.6 Å². The molecular weight excluding hydrogens is 422 g/mol. The first kappa shape index (κ1) is 22.4. The van der Waals surface area contributed by atoms with E-state index in [9.17, 15) is 0 Å². The number of benzene rings is 2. The van der Waals surface area contributed by atoms with Gasteiger partial charge in [-0.3, -0.25) is 4.90 Å². The second-order valence-corrected chi connectivity index (χ2v) is 8.84. The maximum absolute atomic E-state index is 6.00. The van der Waals surface area contributed by atoms with Gasteiger partial charge in [0, 0.05) is 49.7 Å². The minimum absolute atomic E-state index is 0.761. The van der Waals surface area contributed by atoms with Crippen molar-refractivity contribution in [3.05, 3.63) is 85.2 Å². The van der Waals surface area contributed by atoms with Crippen LogP contribution in [0.1, 0.15) is 12.8 Å². The molecule has 0 radical (unpaired) electrons. The molecule has 2 aromatic carbocycles. The van der Waals surface area contributed by atoms with E-state index in [1.807, 2.05) is 12.1 Å². The minimum atomic E-state index is 0.761. The predicted molar refractivity (Wildman–Crippen MR) is 139 cm³/mol. The summed E-state index contributed by atoms with van der Waals surface area (Å²) in [4.78, 5) is 4.99. The van der Waals surface area contributed by atoms with E-state index in [-0.39, 0.29) is 0 Å². The Morgan fingerprint density at radius 2 is 1.59 bits per heavy atom. The highest BCUT2D eigenvalue weighted by Crippen LogP contribution is 2.28. The Morgan fingerprint density at radius 3 is 2.38 bits per heavy atom. The molecule has 2 aromatic heterocycles. The molecule has 3 heterocycles. The van der Waals surface area contributed by atoms with E-state index in [0.717, 1.165) is 63.7 Å². The predicted octanol–water partition coefficient (Wildman–Crippen LogP) is 5.60. The van der Waals surface area contributed by atoms with E-state index in [1.165, 1.54) is 22.3 Å². The quantitative estimate of drug-likeness (QED) is 0.308. The zero-order valence-corrected chi connectivity index (χ0v) is 19.9. The second-order valence-electron chi connectivity index (χ2n) is 8.84. The monoisotopic (exact) mass is 455 g/mol. The highest BCUT2D eigenvalue weighted by molar-refractivity contribution is 5.70. The molecule has 0 amide bonds. The van der Waals surface area contributed by atoms with Crippen molar-refractivity contribution in [2.75, 3.05) is 51.3 Å². The molecule has 0 unspecified atom stereocenters. The molecule has 1 aliphatic heterocycles. The van der Waals surface area contributed by atoms with Crippen molar-refractivity contribution in [3.63, 3.8) is 0 Å². The van der Waals surface area contributed by atoms with E-state index in [1.54, 1.807) is 7.11 Å². The number of piperazine rings is 1. The van der Waals surface area contributed by atoms with Crippen LogP contribution in [0.3, 0.4) is 0 Å². The van der Waals surface area contributed by atoms with Crippen molar-refractivity contribution in [2.24, 2.45) is 0 Å². The Balaban J connectivity index is 1.02. The maximum Gasteiger partial charge on any atom is 0.142 e. The van der Waals surface area contributed by atoms with Crippen LogP contribution in [0.4, 0.5) is 5.69 Å². The van der Waals surface area contributed by atoms with Crippen molar-refractivity contribution in [1.29, 1.82) is 0 Å². The standard InChI is InChI=1S/C29H33N3O2/c1-33-29-10-3-2-9-28(29)31-19-17-30(18-20-31)15-6-7-21-34-27-13-11-24(12-14-27)25-22-26-8-4-5-16-32(26)23-25/h2-5,8-14,16,22-23H,6-7,15,17-21H2,1H3. The summed E-state index contributed by atoms with van der Waals surface area (Å²) in [5, 5.41) is 0. The zero-order chi connectivity index (χ0) is 23.2. The SMILES string of the molecule is COc1ccccc1N1CCN(CCCCOc2ccc(-c3cc4ccccn4c3)cc2)CC1. The number of fused-ring (bicyclic) bond motifs is 1. The molecule has 34 heavy (non-hydrogen) atoms. The van der Waals surface area contributed by atoms with Gasteiger partial charge in [0.05, 0.1) is 19.4 Å². The first-order chi connectivity index (χ1) is 16.8. The Hall–Kier alpha value is -3.44. The highest BCUT2D eigenvalue weighted by Gasteiger charge is 2.19.